The molecule has 0 unspecified atom stereocenters. The largest absolute Gasteiger partial charge is 0.307 e. The van der Waals surface area contributed by atoms with Crippen LogP contribution in [0.25, 0.3) is 0 Å². The highest BCUT2D eigenvalue weighted by molar-refractivity contribution is 5.86. The van der Waals surface area contributed by atoms with Crippen molar-refractivity contribution in [3.8, 4) is 0 Å². The molecule has 90 valence electrons. The van der Waals surface area contributed by atoms with Crippen LogP contribution in [0.5, 0.6) is 0 Å². The lowest BCUT2D eigenvalue weighted by Gasteiger charge is -2.18. The zero-order valence-corrected chi connectivity index (χ0v) is 10.4. The maximum Gasteiger partial charge on any atom is 0.152 e. The average Bonchev–Trinajstić information content (AvgIpc) is 2.29. The van der Waals surface area contributed by atoms with E-state index in [0.717, 1.165) is 13.0 Å². The second kappa shape index (κ2) is 6.44. The first-order valence-corrected chi connectivity index (χ1v) is 5.96. The summed E-state index contributed by atoms with van der Waals surface area (Å²) < 4.78 is 0. The predicted octanol–water partition coefficient (Wildman–Crippen LogP) is 2.68. The maximum absolute atomic E-state index is 12.0. The highest BCUT2D eigenvalue weighted by atomic mass is 16.1. The van der Waals surface area contributed by atoms with Crippen molar-refractivity contribution in [1.29, 1.82) is 0 Å². The van der Waals surface area contributed by atoms with E-state index in [1.165, 1.54) is 5.56 Å². The van der Waals surface area contributed by atoms with Gasteiger partial charge >= 0.3 is 0 Å². The fourth-order valence-electron chi connectivity index (χ4n) is 1.77. The molecule has 2 nitrogen and oxygen atoms in total. The molecule has 0 aromatic heterocycles. The Morgan fingerprint density at radius 3 is 2.44 bits per heavy atom. The first-order chi connectivity index (χ1) is 7.65. The minimum absolute atomic E-state index is 0. The Bertz CT molecular complexity index is 324. The van der Waals surface area contributed by atoms with E-state index >= 15 is 0 Å². The maximum atomic E-state index is 12.0. The summed E-state index contributed by atoms with van der Waals surface area (Å²) in [6.07, 6.45) is 0.783. The third-order valence-corrected chi connectivity index (χ3v) is 2.65. The number of benzene rings is 1. The van der Waals surface area contributed by atoms with Crippen LogP contribution in [0.1, 0.15) is 27.8 Å². The van der Waals surface area contributed by atoms with Gasteiger partial charge in [0.1, 0.15) is 0 Å². The molecule has 1 N–H and O–H groups in total. The van der Waals surface area contributed by atoms with E-state index < -0.39 is 0 Å². The van der Waals surface area contributed by atoms with Crippen LogP contribution >= 0.6 is 0 Å². The molecular formula is C14H23NO. The first-order valence-electron chi connectivity index (χ1n) is 5.96. The molecular weight excluding hydrogens is 198 g/mol. The third-order valence-electron chi connectivity index (χ3n) is 2.65. The van der Waals surface area contributed by atoms with Crippen molar-refractivity contribution >= 4 is 5.78 Å². The Labute approximate surface area is 99.5 Å². The fraction of sp³-hybridized carbons (Fsp3) is 0.500. The molecule has 1 atom stereocenters. The SMILES string of the molecule is CCN[C@@H](Cc1ccccc1)C(=O)C(C)C.[HH]. The Morgan fingerprint density at radius 1 is 1.31 bits per heavy atom. The lowest BCUT2D eigenvalue weighted by molar-refractivity contribution is -0.123. The van der Waals surface area contributed by atoms with Crippen LogP contribution in [0.3, 0.4) is 0 Å². The second-order valence-electron chi connectivity index (χ2n) is 4.36. The topological polar surface area (TPSA) is 29.1 Å². The van der Waals surface area contributed by atoms with Gasteiger partial charge in [-0.1, -0.05) is 51.1 Å². The van der Waals surface area contributed by atoms with E-state index in [1.807, 2.05) is 39.0 Å². The molecule has 1 aromatic carbocycles. The number of Topliss-reactive ketones (excluding diaryl/α,β-unsaturated/α-hetero) is 1. The van der Waals surface area contributed by atoms with E-state index in [1.54, 1.807) is 0 Å². The van der Waals surface area contributed by atoms with Crippen LogP contribution < -0.4 is 5.32 Å². The third kappa shape index (κ3) is 3.78. The minimum atomic E-state index is -0.0487. The minimum Gasteiger partial charge on any atom is -0.307 e. The number of nitrogens with one attached hydrogen (secondary N) is 1. The molecule has 0 fully saturated rings. The molecule has 16 heavy (non-hydrogen) atoms. The van der Waals surface area contributed by atoms with E-state index in [-0.39, 0.29) is 13.4 Å². The average molecular weight is 221 g/mol. The zero-order chi connectivity index (χ0) is 12.0. The highest BCUT2D eigenvalue weighted by Crippen LogP contribution is 2.08. The molecule has 0 spiro atoms. The number of likely N-dealkylation sites (N-methyl/N-ethyl adjacent to an activating group) is 1. The van der Waals surface area contributed by atoms with Gasteiger partial charge in [-0.2, -0.15) is 0 Å². The van der Waals surface area contributed by atoms with Gasteiger partial charge in [-0.3, -0.25) is 4.79 Å². The molecule has 0 radical (unpaired) electrons. The van der Waals surface area contributed by atoms with Crippen molar-refractivity contribution in [1.82, 2.24) is 5.32 Å². The second-order valence-corrected chi connectivity index (χ2v) is 4.36. The molecule has 0 aliphatic carbocycles. The van der Waals surface area contributed by atoms with E-state index in [9.17, 15) is 4.79 Å². The molecule has 1 aromatic rings. The van der Waals surface area contributed by atoms with Gasteiger partial charge in [0.2, 0.25) is 0 Å². The molecule has 0 saturated heterocycles. The molecule has 2 heteroatoms. The summed E-state index contributed by atoms with van der Waals surface area (Å²) in [6.45, 7) is 6.77. The van der Waals surface area contributed by atoms with Gasteiger partial charge in [0.25, 0.3) is 0 Å². The summed E-state index contributed by atoms with van der Waals surface area (Å²) >= 11 is 0. The molecule has 0 amide bonds. The van der Waals surface area contributed by atoms with Crippen LogP contribution in [-0.2, 0) is 11.2 Å². The Morgan fingerprint density at radius 2 is 1.94 bits per heavy atom. The van der Waals surface area contributed by atoms with Crippen LogP contribution in [0.4, 0.5) is 0 Å². The van der Waals surface area contributed by atoms with Crippen LogP contribution in [-0.4, -0.2) is 18.4 Å². The van der Waals surface area contributed by atoms with Crippen molar-refractivity contribution in [2.75, 3.05) is 6.54 Å². The molecule has 0 saturated carbocycles. The summed E-state index contributed by atoms with van der Waals surface area (Å²) in [5.74, 6) is 0.387. The number of hydrogen-bond donors (Lipinski definition) is 1. The van der Waals surface area contributed by atoms with Gasteiger partial charge in [-0.05, 0) is 18.5 Å². The van der Waals surface area contributed by atoms with Gasteiger partial charge in [-0.15, -0.1) is 0 Å². The predicted molar refractivity (Wildman–Crippen MR) is 69.6 cm³/mol. The quantitative estimate of drug-likeness (QED) is 0.800. The Kier molecular flexibility index (Phi) is 5.20. The lowest BCUT2D eigenvalue weighted by atomic mass is 9.96. The van der Waals surface area contributed by atoms with Gasteiger partial charge in [0.15, 0.2) is 5.78 Å². The Hall–Kier alpha value is -1.15. The van der Waals surface area contributed by atoms with Crippen LogP contribution in [0.2, 0.25) is 0 Å². The zero-order valence-electron chi connectivity index (χ0n) is 10.4. The van der Waals surface area contributed by atoms with Crippen molar-refractivity contribution < 1.29 is 6.22 Å². The van der Waals surface area contributed by atoms with Crippen molar-refractivity contribution in [2.45, 2.75) is 33.2 Å². The van der Waals surface area contributed by atoms with Gasteiger partial charge in [0, 0.05) is 7.34 Å². The summed E-state index contributed by atoms with van der Waals surface area (Å²) in [4.78, 5) is 12.0. The van der Waals surface area contributed by atoms with Crippen molar-refractivity contribution in [2.24, 2.45) is 5.92 Å². The monoisotopic (exact) mass is 221 g/mol. The molecule has 0 aliphatic heterocycles. The lowest BCUT2D eigenvalue weighted by Crippen LogP contribution is -2.40. The molecule has 0 heterocycles. The van der Waals surface area contributed by atoms with Crippen LogP contribution in [0, 0.1) is 5.92 Å². The highest BCUT2D eigenvalue weighted by Gasteiger charge is 2.20. The van der Waals surface area contributed by atoms with E-state index in [0.29, 0.717) is 5.78 Å². The van der Waals surface area contributed by atoms with E-state index in [2.05, 4.69) is 17.4 Å². The molecule has 1 rings (SSSR count). The number of carbonyl (C=O) groups is 1. The van der Waals surface area contributed by atoms with Gasteiger partial charge < -0.3 is 5.32 Å². The molecule has 0 bridgehead atoms. The smallest absolute Gasteiger partial charge is 0.152 e. The number of carbonyl (C=O) groups excluding carboxylic acids is 1. The summed E-state index contributed by atoms with van der Waals surface area (Å²) in [7, 11) is 0. The first kappa shape index (κ1) is 12.9. The fourth-order valence-corrected chi connectivity index (χ4v) is 1.77. The summed E-state index contributed by atoms with van der Waals surface area (Å²) in [5.41, 5.74) is 1.21. The normalized spacial score (nSPS) is 12.8. The standard InChI is InChI=1S/C14H21NO.H2/c1-4-15-13(14(16)11(2)3)10-12-8-6-5-7-9-12;/h5-9,11,13,15H,4,10H2,1-3H3;1H/t13-;/m0./s1. The van der Waals surface area contributed by atoms with Gasteiger partial charge in [0.05, 0.1) is 6.04 Å². The van der Waals surface area contributed by atoms with Crippen LogP contribution in [0.15, 0.2) is 30.3 Å². The van der Waals surface area contributed by atoms with E-state index in [4.69, 9.17) is 0 Å². The number of ketones is 1. The summed E-state index contributed by atoms with van der Waals surface area (Å²) in [5, 5.41) is 3.26. The van der Waals surface area contributed by atoms with Gasteiger partial charge in [-0.25, -0.2) is 0 Å². The Balaban J connectivity index is 0.00000256. The number of hydrogen-bond acceptors (Lipinski definition) is 2. The van der Waals surface area contributed by atoms with Crippen molar-refractivity contribution in [3.63, 3.8) is 0 Å². The van der Waals surface area contributed by atoms with Crippen molar-refractivity contribution in [3.05, 3.63) is 35.9 Å². The molecule has 0 aliphatic rings. The summed E-state index contributed by atoms with van der Waals surface area (Å²) in [6, 6.07) is 10.1. The number of rotatable bonds is 6.